The van der Waals surface area contributed by atoms with Gasteiger partial charge in [0.15, 0.2) is 5.78 Å². The zero-order valence-electron chi connectivity index (χ0n) is 12.2. The van der Waals surface area contributed by atoms with Crippen LogP contribution in [0.1, 0.15) is 24.9 Å². The number of hydrogen-bond donors (Lipinski definition) is 0. The van der Waals surface area contributed by atoms with Gasteiger partial charge < -0.3 is 9.64 Å². The molecule has 1 aliphatic heterocycles. The molecule has 0 unspecified atom stereocenters. The molecule has 0 aromatic heterocycles. The summed E-state index contributed by atoms with van der Waals surface area (Å²) in [7, 11) is 0. The average Bonchev–Trinajstić information content (AvgIpc) is 2.49. The molecule has 1 aromatic carbocycles. The third-order valence-corrected chi connectivity index (χ3v) is 3.59. The molecule has 120 valence electrons. The second-order valence-electron chi connectivity index (χ2n) is 5.08. The zero-order chi connectivity index (χ0) is 16.2. The first-order chi connectivity index (χ1) is 10.4. The van der Waals surface area contributed by atoms with Gasteiger partial charge in [0.05, 0.1) is 12.6 Å². The maximum atomic E-state index is 13.3. The van der Waals surface area contributed by atoms with E-state index in [1.165, 1.54) is 17.2 Å². The summed E-state index contributed by atoms with van der Waals surface area (Å²) in [5, 5.41) is 0. The van der Waals surface area contributed by atoms with E-state index in [0.717, 1.165) is 5.56 Å². The Morgan fingerprint density at radius 1 is 1.32 bits per heavy atom. The Morgan fingerprint density at radius 3 is 2.59 bits per heavy atom. The van der Waals surface area contributed by atoms with Crippen LogP contribution in [0.4, 0.5) is 13.2 Å². The molecule has 2 rings (SSSR count). The van der Waals surface area contributed by atoms with Gasteiger partial charge in [0.2, 0.25) is 0 Å². The van der Waals surface area contributed by atoms with Crippen LogP contribution in [0.5, 0.6) is 0 Å². The van der Waals surface area contributed by atoms with Crippen molar-refractivity contribution in [3.05, 3.63) is 48.2 Å². The Hall–Kier alpha value is -1.82. The highest BCUT2D eigenvalue weighted by Crippen LogP contribution is 2.36. The fraction of sp³-hybridized carbons (Fsp3) is 0.438. The van der Waals surface area contributed by atoms with Crippen molar-refractivity contribution >= 4 is 5.78 Å². The fourth-order valence-electron chi connectivity index (χ4n) is 2.50. The molecule has 0 bridgehead atoms. The number of nitrogens with zero attached hydrogens (tertiary/aromatic N) is 1. The van der Waals surface area contributed by atoms with E-state index >= 15 is 0 Å². The quantitative estimate of drug-likeness (QED) is 0.833. The summed E-state index contributed by atoms with van der Waals surface area (Å²) in [5.74, 6) is -0.512. The summed E-state index contributed by atoms with van der Waals surface area (Å²) in [6.07, 6.45) is -2.60. The van der Waals surface area contributed by atoms with E-state index in [0.29, 0.717) is 6.61 Å². The number of ether oxygens (including phenoxy) is 1. The van der Waals surface area contributed by atoms with Gasteiger partial charge in [-0.05, 0) is 18.6 Å². The second-order valence-corrected chi connectivity index (χ2v) is 5.08. The van der Waals surface area contributed by atoms with Crippen LogP contribution in [0.2, 0.25) is 0 Å². The number of ketones is 1. The molecule has 0 saturated heterocycles. The van der Waals surface area contributed by atoms with Gasteiger partial charge in [-0.1, -0.05) is 30.3 Å². The number of benzene rings is 1. The lowest BCUT2D eigenvalue weighted by Crippen LogP contribution is -2.48. The molecule has 0 aliphatic carbocycles. The first-order valence-electron chi connectivity index (χ1n) is 7.11. The van der Waals surface area contributed by atoms with E-state index in [2.05, 4.69) is 0 Å². The number of hydrogen-bond acceptors (Lipinski definition) is 3. The molecule has 6 heteroatoms. The summed E-state index contributed by atoms with van der Waals surface area (Å²) in [4.78, 5) is 12.6. The Kier molecular flexibility index (Phi) is 5.24. The summed E-state index contributed by atoms with van der Waals surface area (Å²) in [5.41, 5.74) is 0.726. The number of allylic oxidation sites excluding steroid dienone is 1. The lowest BCUT2D eigenvalue weighted by Gasteiger charge is -2.39. The van der Waals surface area contributed by atoms with E-state index in [9.17, 15) is 18.0 Å². The molecular formula is C16H18F3NO2. The molecule has 0 spiro atoms. The van der Waals surface area contributed by atoms with Crippen LogP contribution in [0.3, 0.4) is 0 Å². The van der Waals surface area contributed by atoms with Gasteiger partial charge in [-0.15, -0.1) is 0 Å². The van der Waals surface area contributed by atoms with E-state index in [1.54, 1.807) is 37.3 Å². The molecule has 1 aliphatic rings. The smallest absolute Gasteiger partial charge is 0.379 e. The molecule has 1 heterocycles. The van der Waals surface area contributed by atoms with Crippen LogP contribution in [-0.4, -0.2) is 36.1 Å². The zero-order valence-corrected chi connectivity index (χ0v) is 12.2. The molecule has 2 atom stereocenters. The van der Waals surface area contributed by atoms with Crippen molar-refractivity contribution in [3.63, 3.8) is 0 Å². The minimum absolute atomic E-state index is 0.131. The van der Waals surface area contributed by atoms with Gasteiger partial charge in [-0.25, -0.2) is 0 Å². The molecule has 0 fully saturated rings. The number of carbonyl (C=O) groups is 1. The number of alkyl halides is 3. The Morgan fingerprint density at radius 2 is 2.00 bits per heavy atom. The first kappa shape index (κ1) is 16.5. The van der Waals surface area contributed by atoms with Crippen LogP contribution in [0, 0.1) is 0 Å². The molecule has 0 amide bonds. The first-order valence-corrected chi connectivity index (χ1v) is 7.11. The highest BCUT2D eigenvalue weighted by atomic mass is 19.4. The highest BCUT2D eigenvalue weighted by Gasteiger charge is 2.47. The predicted octanol–water partition coefficient (Wildman–Crippen LogP) is 3.48. The molecular weight excluding hydrogens is 295 g/mol. The van der Waals surface area contributed by atoms with Crippen LogP contribution in [0.15, 0.2) is 42.6 Å². The van der Waals surface area contributed by atoms with Gasteiger partial charge in [0.1, 0.15) is 6.04 Å². The van der Waals surface area contributed by atoms with E-state index < -0.39 is 30.5 Å². The van der Waals surface area contributed by atoms with Crippen molar-refractivity contribution in [2.45, 2.75) is 31.6 Å². The molecule has 1 aromatic rings. The Labute approximate surface area is 127 Å². The lowest BCUT2D eigenvalue weighted by molar-refractivity contribution is -0.188. The van der Waals surface area contributed by atoms with Gasteiger partial charge in [-0.3, -0.25) is 4.79 Å². The summed E-state index contributed by atoms with van der Waals surface area (Å²) in [6.45, 7) is 2.33. The third-order valence-electron chi connectivity index (χ3n) is 3.59. The van der Waals surface area contributed by atoms with Crippen molar-refractivity contribution in [1.82, 2.24) is 4.90 Å². The number of halogens is 3. The van der Waals surface area contributed by atoms with E-state index in [4.69, 9.17) is 4.74 Å². The van der Waals surface area contributed by atoms with Crippen LogP contribution in [0.25, 0.3) is 0 Å². The minimum atomic E-state index is -4.47. The van der Waals surface area contributed by atoms with E-state index in [1.807, 2.05) is 0 Å². The molecule has 3 nitrogen and oxygen atoms in total. The molecule has 0 saturated carbocycles. The van der Waals surface area contributed by atoms with Crippen LogP contribution < -0.4 is 0 Å². The van der Waals surface area contributed by atoms with Crippen molar-refractivity contribution in [2.75, 3.05) is 13.2 Å². The number of carbonyl (C=O) groups excluding carboxylic acids is 1. The van der Waals surface area contributed by atoms with Crippen LogP contribution >= 0.6 is 0 Å². The minimum Gasteiger partial charge on any atom is -0.379 e. The molecule has 22 heavy (non-hydrogen) atoms. The average molecular weight is 313 g/mol. The Bertz CT molecular complexity index is 528. The topological polar surface area (TPSA) is 29.5 Å². The molecule has 0 N–H and O–H groups in total. The molecule has 0 radical (unpaired) electrons. The maximum absolute atomic E-state index is 13.3. The number of rotatable bonds is 5. The van der Waals surface area contributed by atoms with Gasteiger partial charge in [0.25, 0.3) is 0 Å². The van der Waals surface area contributed by atoms with Crippen LogP contribution in [-0.2, 0) is 9.53 Å². The van der Waals surface area contributed by atoms with Crippen molar-refractivity contribution in [2.24, 2.45) is 0 Å². The van der Waals surface area contributed by atoms with E-state index in [-0.39, 0.29) is 6.61 Å². The third kappa shape index (κ3) is 3.88. The monoisotopic (exact) mass is 313 g/mol. The predicted molar refractivity (Wildman–Crippen MR) is 76.1 cm³/mol. The summed E-state index contributed by atoms with van der Waals surface area (Å²) < 4.78 is 45.2. The lowest BCUT2D eigenvalue weighted by atomic mass is 9.98. The summed E-state index contributed by atoms with van der Waals surface area (Å²) >= 11 is 0. The van der Waals surface area contributed by atoms with Crippen molar-refractivity contribution < 1.29 is 22.7 Å². The Balaban J connectivity index is 2.35. The summed E-state index contributed by atoms with van der Waals surface area (Å²) in [6, 6.07) is 6.47. The standard InChI is InChI=1S/C16H18F3NO2/c1-2-22-11-14(12-6-4-3-5-7-12)20-9-8-13(21)10-15(20)16(17,18)19/h3-9,14-15H,2,10-11H2,1H3/t14-,15+/m1/s1. The second kappa shape index (κ2) is 6.96. The van der Waals surface area contributed by atoms with Gasteiger partial charge >= 0.3 is 6.18 Å². The van der Waals surface area contributed by atoms with Crippen molar-refractivity contribution in [3.8, 4) is 0 Å². The van der Waals surface area contributed by atoms with Gasteiger partial charge in [-0.2, -0.15) is 13.2 Å². The fourth-order valence-corrected chi connectivity index (χ4v) is 2.50. The normalized spacial score (nSPS) is 20.3. The largest absolute Gasteiger partial charge is 0.409 e. The highest BCUT2D eigenvalue weighted by molar-refractivity contribution is 5.90. The maximum Gasteiger partial charge on any atom is 0.409 e. The SMILES string of the molecule is CCOC[C@H](c1ccccc1)N1C=CC(=O)C[C@H]1C(F)(F)F. The van der Waals surface area contributed by atoms with Crippen molar-refractivity contribution in [1.29, 1.82) is 0 Å². The van der Waals surface area contributed by atoms with Gasteiger partial charge in [0, 0.05) is 19.2 Å².